The quantitative estimate of drug-likeness (QED) is 0.736. The molecule has 3 nitrogen and oxygen atoms in total. The summed E-state index contributed by atoms with van der Waals surface area (Å²) in [7, 11) is -2.20. The minimum atomic E-state index is -2.20. The molecule has 3 rings (SSSR count). The van der Waals surface area contributed by atoms with Gasteiger partial charge in [0.15, 0.2) is 0 Å². The zero-order valence-corrected chi connectivity index (χ0v) is 13.0. The average molecular weight is 296 g/mol. The van der Waals surface area contributed by atoms with Gasteiger partial charge in [0.2, 0.25) is 0 Å². The third-order valence-corrected chi connectivity index (χ3v) is 4.97. The molecular weight excluding hydrogens is 279 g/mol. The van der Waals surface area contributed by atoms with Crippen molar-refractivity contribution in [1.29, 1.82) is 0 Å². The maximum Gasteiger partial charge on any atom is 0.138 e. The van der Waals surface area contributed by atoms with E-state index in [0.29, 0.717) is 0 Å². The van der Waals surface area contributed by atoms with Crippen molar-refractivity contribution in [3.8, 4) is 0 Å². The molecule has 0 aliphatic carbocycles. The number of aromatic nitrogens is 1. The number of nitrogens with one attached hydrogen (secondary N) is 1. The summed E-state index contributed by atoms with van der Waals surface area (Å²) in [5.41, 5.74) is 0.941. The Hall–Kier alpha value is -2.12. The fourth-order valence-electron chi connectivity index (χ4n) is 2.26. The number of anilines is 2. The van der Waals surface area contributed by atoms with Gasteiger partial charge in [-0.15, -0.1) is 0 Å². The van der Waals surface area contributed by atoms with Crippen molar-refractivity contribution < 1.29 is 4.57 Å². The molecule has 0 bridgehead atoms. The monoisotopic (exact) mass is 296 g/mol. The lowest BCUT2D eigenvalue weighted by Crippen LogP contribution is -2.03. The van der Waals surface area contributed by atoms with Crippen LogP contribution in [0.25, 0.3) is 10.8 Å². The highest BCUT2D eigenvalue weighted by molar-refractivity contribution is 7.70. The maximum atomic E-state index is 12.0. The van der Waals surface area contributed by atoms with E-state index in [2.05, 4.69) is 16.4 Å². The van der Waals surface area contributed by atoms with E-state index in [-0.39, 0.29) is 0 Å². The summed E-state index contributed by atoms with van der Waals surface area (Å²) < 4.78 is 12.0. The Morgan fingerprint density at radius 2 is 1.67 bits per heavy atom. The highest BCUT2D eigenvalue weighted by Crippen LogP contribution is 2.35. The Kier molecular flexibility index (Phi) is 3.52. The summed E-state index contributed by atoms with van der Waals surface area (Å²) in [6.07, 6.45) is 1.80. The van der Waals surface area contributed by atoms with Crippen LogP contribution in [-0.2, 0) is 4.57 Å². The van der Waals surface area contributed by atoms with Crippen LogP contribution in [0.1, 0.15) is 0 Å². The normalized spacial score (nSPS) is 11.5. The second-order valence-electron chi connectivity index (χ2n) is 5.40. The van der Waals surface area contributed by atoms with E-state index in [1.807, 2.05) is 48.5 Å². The van der Waals surface area contributed by atoms with E-state index in [0.717, 1.165) is 27.6 Å². The minimum absolute atomic E-state index is 0.831. The first-order valence-corrected chi connectivity index (χ1v) is 9.40. The fraction of sp³-hybridized carbons (Fsp3) is 0.118. The van der Waals surface area contributed by atoms with E-state index in [4.69, 9.17) is 0 Å². The van der Waals surface area contributed by atoms with E-state index in [1.54, 1.807) is 19.5 Å². The van der Waals surface area contributed by atoms with Gasteiger partial charge in [-0.05, 0) is 49.0 Å². The molecule has 2 aromatic carbocycles. The maximum absolute atomic E-state index is 12.0. The van der Waals surface area contributed by atoms with Crippen LogP contribution in [0, 0.1) is 0 Å². The van der Waals surface area contributed by atoms with E-state index >= 15 is 0 Å². The molecule has 0 spiro atoms. The lowest BCUT2D eigenvalue weighted by Gasteiger charge is -2.11. The zero-order valence-electron chi connectivity index (χ0n) is 12.1. The van der Waals surface area contributed by atoms with E-state index in [9.17, 15) is 4.57 Å². The molecule has 0 aliphatic rings. The molecule has 0 amide bonds. The van der Waals surface area contributed by atoms with Gasteiger partial charge in [0.05, 0.1) is 0 Å². The van der Waals surface area contributed by atoms with Crippen molar-refractivity contribution in [2.45, 2.75) is 0 Å². The van der Waals surface area contributed by atoms with Gasteiger partial charge >= 0.3 is 0 Å². The van der Waals surface area contributed by atoms with Gasteiger partial charge in [0, 0.05) is 22.6 Å². The predicted molar refractivity (Wildman–Crippen MR) is 90.6 cm³/mol. The van der Waals surface area contributed by atoms with Crippen LogP contribution in [-0.4, -0.2) is 18.3 Å². The smallest absolute Gasteiger partial charge is 0.138 e. The van der Waals surface area contributed by atoms with Gasteiger partial charge in [0.25, 0.3) is 0 Å². The largest absolute Gasteiger partial charge is 0.340 e. The Labute approximate surface area is 124 Å². The molecule has 0 atom stereocenters. The minimum Gasteiger partial charge on any atom is -0.340 e. The Balaban J connectivity index is 1.94. The predicted octanol–water partition coefficient (Wildman–Crippen LogP) is 4.23. The summed E-state index contributed by atoms with van der Waals surface area (Å²) in [6, 6.07) is 17.8. The summed E-state index contributed by atoms with van der Waals surface area (Å²) >= 11 is 0. The molecule has 21 heavy (non-hydrogen) atoms. The second-order valence-corrected chi connectivity index (χ2v) is 8.62. The van der Waals surface area contributed by atoms with Gasteiger partial charge in [-0.2, -0.15) is 0 Å². The first-order valence-electron chi connectivity index (χ1n) is 6.80. The van der Waals surface area contributed by atoms with Crippen molar-refractivity contribution in [2.75, 3.05) is 18.6 Å². The van der Waals surface area contributed by atoms with Gasteiger partial charge in [-0.3, -0.25) is 0 Å². The van der Waals surface area contributed by atoms with E-state index < -0.39 is 7.14 Å². The van der Waals surface area contributed by atoms with Crippen molar-refractivity contribution in [1.82, 2.24) is 4.98 Å². The molecule has 0 saturated carbocycles. The molecule has 1 aromatic heterocycles. The van der Waals surface area contributed by atoms with Gasteiger partial charge in [0.1, 0.15) is 13.0 Å². The van der Waals surface area contributed by atoms with Crippen molar-refractivity contribution in [2.24, 2.45) is 0 Å². The van der Waals surface area contributed by atoms with Crippen LogP contribution in [0.2, 0.25) is 0 Å². The SMILES string of the molecule is CP(C)(=O)c1ccc(Nc2nccc3ccccc23)cc1. The molecule has 0 fully saturated rings. The number of rotatable bonds is 3. The highest BCUT2D eigenvalue weighted by atomic mass is 31.2. The van der Waals surface area contributed by atoms with Crippen LogP contribution in [0.4, 0.5) is 11.5 Å². The molecule has 4 heteroatoms. The summed E-state index contributed by atoms with van der Waals surface area (Å²) in [5, 5.41) is 6.45. The summed E-state index contributed by atoms with van der Waals surface area (Å²) in [4.78, 5) is 4.41. The number of nitrogens with zero attached hydrogens (tertiary/aromatic N) is 1. The lowest BCUT2D eigenvalue weighted by atomic mass is 10.1. The van der Waals surface area contributed by atoms with Crippen LogP contribution in [0.15, 0.2) is 60.8 Å². The molecule has 106 valence electrons. The number of hydrogen-bond donors (Lipinski definition) is 1. The molecule has 1 N–H and O–H groups in total. The van der Waals surface area contributed by atoms with Crippen molar-refractivity contribution in [3.63, 3.8) is 0 Å². The first kappa shape index (κ1) is 13.8. The molecule has 0 radical (unpaired) electrons. The highest BCUT2D eigenvalue weighted by Gasteiger charge is 2.10. The van der Waals surface area contributed by atoms with Gasteiger partial charge in [-0.25, -0.2) is 4.98 Å². The third-order valence-electron chi connectivity index (χ3n) is 3.43. The van der Waals surface area contributed by atoms with Crippen LogP contribution in [0.3, 0.4) is 0 Å². The molecule has 3 aromatic rings. The van der Waals surface area contributed by atoms with Gasteiger partial charge in [-0.1, -0.05) is 24.3 Å². The van der Waals surface area contributed by atoms with Crippen LogP contribution >= 0.6 is 7.14 Å². The van der Waals surface area contributed by atoms with Crippen LogP contribution in [0.5, 0.6) is 0 Å². The van der Waals surface area contributed by atoms with E-state index in [1.165, 1.54) is 0 Å². The van der Waals surface area contributed by atoms with Crippen LogP contribution < -0.4 is 10.6 Å². The summed E-state index contributed by atoms with van der Waals surface area (Å²) in [6.45, 7) is 3.56. The Morgan fingerprint density at radius 3 is 2.38 bits per heavy atom. The number of benzene rings is 2. The average Bonchev–Trinajstić information content (AvgIpc) is 2.47. The first-order chi connectivity index (χ1) is 10.0. The second kappa shape index (κ2) is 5.34. The Bertz CT molecular complexity index is 816. The molecule has 1 heterocycles. The number of pyridine rings is 1. The zero-order chi connectivity index (χ0) is 14.9. The Morgan fingerprint density at radius 1 is 0.952 bits per heavy atom. The number of fused-ring (bicyclic) bond motifs is 1. The molecular formula is C17H17N2OP. The fourth-order valence-corrected chi connectivity index (χ4v) is 3.13. The standard InChI is InChI=1S/C17H17N2OP/c1-21(2,20)15-9-7-14(8-10-15)19-17-16-6-4-3-5-13(16)11-12-18-17/h3-12H,1-2H3,(H,18,19). The number of hydrogen-bond acceptors (Lipinski definition) is 3. The molecule has 0 aliphatic heterocycles. The third kappa shape index (κ3) is 2.98. The van der Waals surface area contributed by atoms with Crippen molar-refractivity contribution in [3.05, 3.63) is 60.8 Å². The lowest BCUT2D eigenvalue weighted by molar-refractivity contribution is 0.588. The van der Waals surface area contributed by atoms with Crippen molar-refractivity contribution >= 4 is 34.7 Å². The molecule has 0 unspecified atom stereocenters. The summed E-state index contributed by atoms with van der Waals surface area (Å²) in [5.74, 6) is 0.831. The molecule has 0 saturated heterocycles. The van der Waals surface area contributed by atoms with Gasteiger partial charge < -0.3 is 9.88 Å². The topological polar surface area (TPSA) is 42.0 Å².